The molecule has 0 saturated carbocycles. The third-order valence-electron chi connectivity index (χ3n) is 2.30. The summed E-state index contributed by atoms with van der Waals surface area (Å²) in [7, 11) is -3.75. The maximum absolute atomic E-state index is 12.7. The molecule has 19 heavy (non-hydrogen) atoms. The Kier molecular flexibility index (Phi) is 3.63. The van der Waals surface area contributed by atoms with Gasteiger partial charge in [0.1, 0.15) is 11.6 Å². The molecule has 0 aliphatic heterocycles. The number of hydrazine groups is 1. The van der Waals surface area contributed by atoms with Crippen LogP contribution in [0.25, 0.3) is 0 Å². The van der Waals surface area contributed by atoms with Crippen molar-refractivity contribution in [2.24, 2.45) is 5.84 Å². The highest BCUT2D eigenvalue weighted by Crippen LogP contribution is 2.16. The highest BCUT2D eigenvalue weighted by molar-refractivity contribution is 7.92. The van der Waals surface area contributed by atoms with E-state index in [1.807, 2.05) is 0 Å². The fraction of sp³-hybridized carbons (Fsp3) is 0. The van der Waals surface area contributed by atoms with Crippen LogP contribution < -0.4 is 16.0 Å². The minimum atomic E-state index is -3.75. The van der Waals surface area contributed by atoms with Crippen molar-refractivity contribution in [3.8, 4) is 0 Å². The van der Waals surface area contributed by atoms with Crippen LogP contribution in [0.2, 0.25) is 0 Å². The Labute approximate surface area is 109 Å². The number of pyridine rings is 1. The Hall–Kier alpha value is -2.19. The Morgan fingerprint density at radius 2 is 1.79 bits per heavy atom. The number of benzene rings is 1. The van der Waals surface area contributed by atoms with Gasteiger partial charge in [-0.05, 0) is 36.4 Å². The molecule has 2 rings (SSSR count). The fourth-order valence-electron chi connectivity index (χ4n) is 1.36. The zero-order chi connectivity index (χ0) is 13.9. The average Bonchev–Trinajstić information content (AvgIpc) is 2.41. The monoisotopic (exact) mass is 282 g/mol. The summed E-state index contributed by atoms with van der Waals surface area (Å²) in [5.74, 6) is 4.69. The van der Waals surface area contributed by atoms with Crippen molar-refractivity contribution >= 4 is 21.5 Å². The van der Waals surface area contributed by atoms with E-state index in [9.17, 15) is 12.8 Å². The Balaban J connectivity index is 2.24. The van der Waals surface area contributed by atoms with E-state index in [2.05, 4.69) is 15.1 Å². The van der Waals surface area contributed by atoms with Crippen LogP contribution in [-0.2, 0) is 10.0 Å². The lowest BCUT2D eigenvalue weighted by Gasteiger charge is -2.07. The zero-order valence-electron chi connectivity index (χ0n) is 9.67. The maximum atomic E-state index is 12.7. The molecule has 0 bridgehead atoms. The number of hydrogen-bond acceptors (Lipinski definition) is 5. The Bertz CT molecular complexity index is 656. The first kappa shape index (κ1) is 13.2. The molecular formula is C11H11FN4O2S. The third kappa shape index (κ3) is 3.18. The molecule has 100 valence electrons. The fourth-order valence-corrected chi connectivity index (χ4v) is 2.37. The summed E-state index contributed by atoms with van der Waals surface area (Å²) in [6.45, 7) is 0. The molecule has 0 atom stereocenters. The normalized spacial score (nSPS) is 11.1. The highest BCUT2D eigenvalue weighted by atomic mass is 32.2. The molecule has 0 spiro atoms. The topological polar surface area (TPSA) is 97.1 Å². The molecule has 1 aromatic carbocycles. The van der Waals surface area contributed by atoms with E-state index in [0.717, 1.165) is 12.3 Å². The molecule has 6 nitrogen and oxygen atoms in total. The number of nitrogens with two attached hydrogens (primary N) is 1. The number of nitrogen functional groups attached to an aromatic ring is 1. The summed E-state index contributed by atoms with van der Waals surface area (Å²) in [6.07, 6.45) is 0.930. The van der Waals surface area contributed by atoms with E-state index in [4.69, 9.17) is 5.84 Å². The molecule has 0 amide bonds. The van der Waals surface area contributed by atoms with Crippen molar-refractivity contribution in [3.05, 3.63) is 48.4 Å². The van der Waals surface area contributed by atoms with Crippen LogP contribution in [0.5, 0.6) is 0 Å². The van der Waals surface area contributed by atoms with Gasteiger partial charge in [-0.25, -0.2) is 17.8 Å². The van der Waals surface area contributed by atoms with E-state index in [1.165, 1.54) is 30.3 Å². The van der Waals surface area contributed by atoms with Gasteiger partial charge in [-0.2, -0.15) is 0 Å². The van der Waals surface area contributed by atoms with E-state index in [0.29, 0.717) is 5.69 Å². The maximum Gasteiger partial charge on any atom is 0.263 e. The number of hydrogen-bond donors (Lipinski definition) is 3. The molecule has 0 aliphatic rings. The van der Waals surface area contributed by atoms with Crippen molar-refractivity contribution in [2.45, 2.75) is 4.90 Å². The molecule has 4 N–H and O–H groups in total. The number of nitrogens with zero attached hydrogens (tertiary/aromatic N) is 1. The minimum Gasteiger partial charge on any atom is -0.324 e. The number of aromatic nitrogens is 1. The van der Waals surface area contributed by atoms with Gasteiger partial charge < -0.3 is 5.43 Å². The predicted molar refractivity (Wildman–Crippen MR) is 69.3 cm³/mol. The standard InChI is InChI=1S/C11H11FN4O2S/c12-8-1-6-11(14-7-8)16-19(17,18)10-4-2-9(15-13)3-5-10/h1-7,15H,13H2,(H,14,16). The lowest BCUT2D eigenvalue weighted by molar-refractivity contribution is 0.600. The molecule has 1 aromatic heterocycles. The lowest BCUT2D eigenvalue weighted by Crippen LogP contribution is -2.14. The summed E-state index contributed by atoms with van der Waals surface area (Å²) in [4.78, 5) is 3.68. The SMILES string of the molecule is NNc1ccc(S(=O)(=O)Nc2ccc(F)cn2)cc1. The molecule has 8 heteroatoms. The second kappa shape index (κ2) is 5.21. The van der Waals surface area contributed by atoms with Crippen molar-refractivity contribution in [2.75, 3.05) is 10.1 Å². The van der Waals surface area contributed by atoms with Crippen LogP contribution >= 0.6 is 0 Å². The van der Waals surface area contributed by atoms with Gasteiger partial charge in [0.25, 0.3) is 10.0 Å². The quantitative estimate of drug-likeness (QED) is 0.580. The molecule has 0 radical (unpaired) electrons. The minimum absolute atomic E-state index is 0.0439. The first-order valence-electron chi connectivity index (χ1n) is 5.22. The first-order chi connectivity index (χ1) is 9.01. The van der Waals surface area contributed by atoms with Gasteiger partial charge in [0.05, 0.1) is 11.1 Å². The van der Waals surface area contributed by atoms with E-state index < -0.39 is 15.8 Å². The smallest absolute Gasteiger partial charge is 0.263 e. The Morgan fingerprint density at radius 3 is 2.32 bits per heavy atom. The van der Waals surface area contributed by atoms with Gasteiger partial charge in [0, 0.05) is 5.69 Å². The molecule has 0 aliphatic carbocycles. The number of sulfonamides is 1. The predicted octanol–water partition coefficient (Wildman–Crippen LogP) is 1.31. The molecule has 0 unspecified atom stereocenters. The Morgan fingerprint density at radius 1 is 1.11 bits per heavy atom. The van der Waals surface area contributed by atoms with E-state index >= 15 is 0 Å². The zero-order valence-corrected chi connectivity index (χ0v) is 10.5. The van der Waals surface area contributed by atoms with Crippen LogP contribution in [0, 0.1) is 5.82 Å². The van der Waals surface area contributed by atoms with Crippen LogP contribution in [0.15, 0.2) is 47.5 Å². The summed E-state index contributed by atoms with van der Waals surface area (Å²) in [6, 6.07) is 8.18. The van der Waals surface area contributed by atoms with E-state index in [1.54, 1.807) is 0 Å². The van der Waals surface area contributed by atoms with Crippen molar-refractivity contribution in [1.29, 1.82) is 0 Å². The summed E-state index contributed by atoms with van der Waals surface area (Å²) >= 11 is 0. The molecule has 0 saturated heterocycles. The number of nitrogens with one attached hydrogen (secondary N) is 2. The number of anilines is 2. The summed E-state index contributed by atoms with van der Waals surface area (Å²) < 4.78 is 38.9. The van der Waals surface area contributed by atoms with Crippen LogP contribution in [0.3, 0.4) is 0 Å². The second-order valence-electron chi connectivity index (χ2n) is 3.64. The van der Waals surface area contributed by atoms with Crippen LogP contribution in [0.4, 0.5) is 15.9 Å². The van der Waals surface area contributed by atoms with Gasteiger partial charge in [0.2, 0.25) is 0 Å². The summed E-state index contributed by atoms with van der Waals surface area (Å²) in [5.41, 5.74) is 2.97. The van der Waals surface area contributed by atoms with Crippen molar-refractivity contribution < 1.29 is 12.8 Å². The average molecular weight is 282 g/mol. The molecule has 2 aromatic rings. The van der Waals surface area contributed by atoms with Crippen molar-refractivity contribution in [3.63, 3.8) is 0 Å². The van der Waals surface area contributed by atoms with Crippen LogP contribution in [0.1, 0.15) is 0 Å². The first-order valence-corrected chi connectivity index (χ1v) is 6.70. The van der Waals surface area contributed by atoms with Gasteiger partial charge in [-0.1, -0.05) is 0 Å². The number of rotatable bonds is 4. The van der Waals surface area contributed by atoms with Gasteiger partial charge in [-0.3, -0.25) is 10.6 Å². The number of halogens is 1. The van der Waals surface area contributed by atoms with Gasteiger partial charge in [-0.15, -0.1) is 0 Å². The van der Waals surface area contributed by atoms with Crippen molar-refractivity contribution in [1.82, 2.24) is 4.98 Å². The lowest BCUT2D eigenvalue weighted by atomic mass is 10.3. The summed E-state index contributed by atoms with van der Waals surface area (Å²) in [5, 5.41) is 0. The van der Waals surface area contributed by atoms with Gasteiger partial charge >= 0.3 is 0 Å². The molecule has 1 heterocycles. The highest BCUT2D eigenvalue weighted by Gasteiger charge is 2.14. The van der Waals surface area contributed by atoms with E-state index in [-0.39, 0.29) is 10.7 Å². The second-order valence-corrected chi connectivity index (χ2v) is 5.32. The third-order valence-corrected chi connectivity index (χ3v) is 3.67. The van der Waals surface area contributed by atoms with Gasteiger partial charge in [0.15, 0.2) is 0 Å². The largest absolute Gasteiger partial charge is 0.324 e. The molecular weight excluding hydrogens is 271 g/mol. The van der Waals surface area contributed by atoms with Crippen LogP contribution in [-0.4, -0.2) is 13.4 Å². The molecule has 0 fully saturated rings.